The van der Waals surface area contributed by atoms with Gasteiger partial charge in [-0.1, -0.05) is 64.1 Å². The Morgan fingerprint density at radius 1 is 1.29 bits per heavy atom. The molecule has 114 valence electrons. The van der Waals surface area contributed by atoms with Gasteiger partial charge in [-0.15, -0.1) is 0 Å². The lowest BCUT2D eigenvalue weighted by Gasteiger charge is -2.27. The van der Waals surface area contributed by atoms with Crippen molar-refractivity contribution < 1.29 is 0 Å². The van der Waals surface area contributed by atoms with Crippen LogP contribution in [0.5, 0.6) is 0 Å². The number of hydrogen-bond acceptors (Lipinski definition) is 1. The Morgan fingerprint density at radius 3 is 2.71 bits per heavy atom. The maximum absolute atomic E-state index is 4.52. The molecule has 2 atom stereocenters. The molecule has 1 aliphatic rings. The quantitative estimate of drug-likeness (QED) is 0.598. The molecule has 0 aromatic carbocycles. The Bertz CT molecular complexity index is 468. The Labute approximate surface area is 130 Å². The lowest BCUT2D eigenvalue weighted by Crippen LogP contribution is -2.16. The van der Waals surface area contributed by atoms with Gasteiger partial charge in [-0.3, -0.25) is 4.98 Å². The predicted molar refractivity (Wildman–Crippen MR) is 94.0 cm³/mol. The summed E-state index contributed by atoms with van der Waals surface area (Å²) in [5, 5.41) is 0. The summed E-state index contributed by atoms with van der Waals surface area (Å²) in [6, 6.07) is 6.17. The van der Waals surface area contributed by atoms with Crippen molar-refractivity contribution in [3.8, 4) is 0 Å². The van der Waals surface area contributed by atoms with Crippen LogP contribution in [-0.2, 0) is 0 Å². The van der Waals surface area contributed by atoms with E-state index in [0.717, 1.165) is 18.5 Å². The van der Waals surface area contributed by atoms with Crippen molar-refractivity contribution >= 4 is 5.57 Å². The van der Waals surface area contributed by atoms with E-state index >= 15 is 0 Å². The molecule has 0 saturated carbocycles. The van der Waals surface area contributed by atoms with Gasteiger partial charge < -0.3 is 0 Å². The molecule has 1 aromatic heterocycles. The first-order chi connectivity index (χ1) is 10.4. The summed E-state index contributed by atoms with van der Waals surface area (Å²) in [6.07, 6.45) is 16.7. The summed E-state index contributed by atoms with van der Waals surface area (Å²) >= 11 is 0. The van der Waals surface area contributed by atoms with Crippen LogP contribution in [0.25, 0.3) is 5.57 Å². The van der Waals surface area contributed by atoms with Crippen molar-refractivity contribution in [2.75, 3.05) is 0 Å². The molecule has 0 saturated heterocycles. The first kappa shape index (κ1) is 17.4. The summed E-state index contributed by atoms with van der Waals surface area (Å²) in [4.78, 5) is 4.52. The number of pyridine rings is 1. The Morgan fingerprint density at radius 2 is 2.10 bits per heavy atom. The zero-order chi connectivity index (χ0) is 15.5. The summed E-state index contributed by atoms with van der Waals surface area (Å²) in [5.41, 5.74) is 2.51. The molecule has 1 aliphatic carbocycles. The predicted octanol–water partition coefficient (Wildman–Crippen LogP) is 6.06. The van der Waals surface area contributed by atoms with Crippen molar-refractivity contribution in [1.82, 2.24) is 4.98 Å². The fraction of sp³-hybridized carbons (Fsp3) is 0.450. The molecule has 2 rings (SSSR count). The SMILES string of the molecule is CC.CCC=CC(CC)C1CC=CC=C1c1ccccn1. The van der Waals surface area contributed by atoms with Gasteiger partial charge in [0.2, 0.25) is 0 Å². The second-order valence-electron chi connectivity index (χ2n) is 5.02. The molecule has 0 bridgehead atoms. The molecule has 1 aromatic rings. The fourth-order valence-corrected chi connectivity index (χ4v) is 2.73. The van der Waals surface area contributed by atoms with Crippen LogP contribution in [0.1, 0.15) is 52.7 Å². The third-order valence-electron chi connectivity index (χ3n) is 3.77. The fourth-order valence-electron chi connectivity index (χ4n) is 2.73. The molecule has 0 radical (unpaired) electrons. The summed E-state index contributed by atoms with van der Waals surface area (Å²) in [7, 11) is 0. The molecule has 0 fully saturated rings. The highest BCUT2D eigenvalue weighted by Gasteiger charge is 2.23. The number of aromatic nitrogens is 1. The zero-order valence-electron chi connectivity index (χ0n) is 13.9. The van der Waals surface area contributed by atoms with Crippen LogP contribution in [0.15, 0.2) is 54.8 Å². The summed E-state index contributed by atoms with van der Waals surface area (Å²) in [5.74, 6) is 1.17. The number of hydrogen-bond donors (Lipinski definition) is 0. The van der Waals surface area contributed by atoms with Gasteiger partial charge in [-0.25, -0.2) is 0 Å². The van der Waals surface area contributed by atoms with Gasteiger partial charge in [0.05, 0.1) is 5.69 Å². The Balaban J connectivity index is 0.00000106. The molecule has 0 N–H and O–H groups in total. The number of allylic oxidation sites excluding steroid dienone is 6. The zero-order valence-corrected chi connectivity index (χ0v) is 13.9. The first-order valence-electron chi connectivity index (χ1n) is 8.31. The molecule has 2 unspecified atom stereocenters. The highest BCUT2D eigenvalue weighted by Crippen LogP contribution is 2.36. The largest absolute Gasteiger partial charge is 0.257 e. The maximum atomic E-state index is 4.52. The average molecular weight is 283 g/mol. The minimum Gasteiger partial charge on any atom is -0.257 e. The van der Waals surface area contributed by atoms with E-state index in [-0.39, 0.29) is 0 Å². The molecule has 0 spiro atoms. The van der Waals surface area contributed by atoms with Gasteiger partial charge in [0.15, 0.2) is 0 Å². The molecule has 0 aliphatic heterocycles. The maximum Gasteiger partial charge on any atom is 0.0664 e. The van der Waals surface area contributed by atoms with Crippen LogP contribution in [0.3, 0.4) is 0 Å². The molecular weight excluding hydrogens is 254 g/mol. The summed E-state index contributed by atoms with van der Waals surface area (Å²) in [6.45, 7) is 8.47. The summed E-state index contributed by atoms with van der Waals surface area (Å²) < 4.78 is 0. The number of rotatable bonds is 5. The Hall–Kier alpha value is -1.63. The van der Waals surface area contributed by atoms with E-state index in [4.69, 9.17) is 0 Å². The van der Waals surface area contributed by atoms with Crippen molar-refractivity contribution in [3.05, 3.63) is 60.5 Å². The lowest BCUT2D eigenvalue weighted by molar-refractivity contribution is 0.474. The van der Waals surface area contributed by atoms with Gasteiger partial charge in [0.1, 0.15) is 0 Å². The molecule has 1 heterocycles. The Kier molecular flexibility index (Phi) is 8.42. The van der Waals surface area contributed by atoms with Gasteiger partial charge in [-0.2, -0.15) is 0 Å². The first-order valence-corrected chi connectivity index (χ1v) is 8.31. The van der Waals surface area contributed by atoms with E-state index in [1.165, 1.54) is 12.0 Å². The van der Waals surface area contributed by atoms with E-state index in [2.05, 4.69) is 61.3 Å². The topological polar surface area (TPSA) is 12.9 Å². The van der Waals surface area contributed by atoms with Crippen molar-refractivity contribution in [1.29, 1.82) is 0 Å². The van der Waals surface area contributed by atoms with Crippen LogP contribution in [0.4, 0.5) is 0 Å². The van der Waals surface area contributed by atoms with Crippen LogP contribution in [0, 0.1) is 11.8 Å². The standard InChI is InChI=1S/C18H23N.C2H6/c1-3-5-10-15(4-2)16-11-6-7-12-17(16)18-13-8-9-14-19-18;1-2/h5-10,12-16H,3-4,11H2,1-2H3;1-2H3. The van der Waals surface area contributed by atoms with E-state index in [1.807, 2.05) is 26.1 Å². The highest BCUT2D eigenvalue weighted by molar-refractivity contribution is 5.68. The van der Waals surface area contributed by atoms with Crippen LogP contribution < -0.4 is 0 Å². The highest BCUT2D eigenvalue weighted by atomic mass is 14.7. The van der Waals surface area contributed by atoms with E-state index in [9.17, 15) is 0 Å². The van der Waals surface area contributed by atoms with Crippen molar-refractivity contribution in [2.45, 2.75) is 47.0 Å². The van der Waals surface area contributed by atoms with E-state index in [1.54, 1.807) is 0 Å². The molecule has 1 nitrogen and oxygen atoms in total. The van der Waals surface area contributed by atoms with Crippen LogP contribution in [0.2, 0.25) is 0 Å². The van der Waals surface area contributed by atoms with Crippen LogP contribution >= 0.6 is 0 Å². The smallest absolute Gasteiger partial charge is 0.0664 e. The van der Waals surface area contributed by atoms with Crippen molar-refractivity contribution in [3.63, 3.8) is 0 Å². The van der Waals surface area contributed by atoms with Gasteiger partial charge >= 0.3 is 0 Å². The van der Waals surface area contributed by atoms with E-state index in [0.29, 0.717) is 11.8 Å². The lowest BCUT2D eigenvalue weighted by atomic mass is 9.78. The van der Waals surface area contributed by atoms with E-state index < -0.39 is 0 Å². The minimum absolute atomic E-state index is 0.563. The van der Waals surface area contributed by atoms with Crippen molar-refractivity contribution in [2.24, 2.45) is 11.8 Å². The molecular formula is C20H29N. The van der Waals surface area contributed by atoms with Crippen LogP contribution in [-0.4, -0.2) is 4.98 Å². The minimum atomic E-state index is 0.563. The molecule has 0 amide bonds. The molecule has 1 heteroatoms. The third-order valence-corrected chi connectivity index (χ3v) is 3.77. The normalized spacial score (nSPS) is 18.9. The monoisotopic (exact) mass is 283 g/mol. The van der Waals surface area contributed by atoms with Gasteiger partial charge in [0.25, 0.3) is 0 Å². The number of nitrogens with zero attached hydrogens (tertiary/aromatic N) is 1. The second-order valence-corrected chi connectivity index (χ2v) is 5.02. The van der Waals surface area contributed by atoms with Gasteiger partial charge in [-0.05, 0) is 48.8 Å². The van der Waals surface area contributed by atoms with Gasteiger partial charge in [0, 0.05) is 6.20 Å². The second kappa shape index (κ2) is 10.1. The average Bonchev–Trinajstić information content (AvgIpc) is 2.58. The third kappa shape index (κ3) is 5.00. The molecule has 21 heavy (non-hydrogen) atoms.